The topological polar surface area (TPSA) is 111 Å². The lowest BCUT2D eigenvalue weighted by Gasteiger charge is -2.22. The molecular weight excluding hydrogens is 374 g/mol. The van der Waals surface area contributed by atoms with Crippen LogP contribution in [0.4, 0.5) is 4.79 Å². The van der Waals surface area contributed by atoms with Crippen molar-refractivity contribution in [1.29, 1.82) is 0 Å². The molecule has 9 heteroatoms. The molecule has 1 aliphatic heterocycles. The van der Waals surface area contributed by atoms with Crippen molar-refractivity contribution in [1.82, 2.24) is 26.0 Å². The van der Waals surface area contributed by atoms with Gasteiger partial charge in [-0.3, -0.25) is 24.7 Å². The number of imide groups is 1. The van der Waals surface area contributed by atoms with Crippen molar-refractivity contribution in [3.63, 3.8) is 0 Å². The van der Waals surface area contributed by atoms with E-state index in [2.05, 4.69) is 16.1 Å². The van der Waals surface area contributed by atoms with Crippen LogP contribution in [0.5, 0.6) is 0 Å². The number of aryl methyl sites for hydroxylation is 1. The quantitative estimate of drug-likeness (QED) is 0.518. The van der Waals surface area contributed by atoms with Gasteiger partial charge in [0.15, 0.2) is 0 Å². The van der Waals surface area contributed by atoms with Crippen molar-refractivity contribution in [3.8, 4) is 0 Å². The second kappa shape index (κ2) is 9.51. The number of hydrazine groups is 1. The van der Waals surface area contributed by atoms with Gasteiger partial charge in [0.1, 0.15) is 5.54 Å². The summed E-state index contributed by atoms with van der Waals surface area (Å²) in [6.07, 6.45) is 1.02. The van der Waals surface area contributed by atoms with Crippen molar-refractivity contribution in [2.45, 2.75) is 45.2 Å². The van der Waals surface area contributed by atoms with E-state index < -0.39 is 23.4 Å². The van der Waals surface area contributed by atoms with Crippen LogP contribution in [-0.4, -0.2) is 65.4 Å². The number of nitrogens with one attached hydrogen (secondary N) is 3. The van der Waals surface area contributed by atoms with Gasteiger partial charge in [0.25, 0.3) is 11.8 Å². The molecule has 1 aliphatic rings. The minimum absolute atomic E-state index is 0.00390. The molecule has 0 radical (unpaired) electrons. The number of amides is 5. The summed E-state index contributed by atoms with van der Waals surface area (Å²) in [6.45, 7) is 5.22. The first-order valence-corrected chi connectivity index (χ1v) is 9.59. The maximum absolute atomic E-state index is 12.7. The van der Waals surface area contributed by atoms with Gasteiger partial charge in [0.2, 0.25) is 5.91 Å². The Hall–Kier alpha value is -2.94. The maximum Gasteiger partial charge on any atom is 0.344 e. The first-order chi connectivity index (χ1) is 13.6. The molecule has 1 atom stereocenters. The summed E-state index contributed by atoms with van der Waals surface area (Å²) in [7, 11) is 1.61. The van der Waals surface area contributed by atoms with Crippen molar-refractivity contribution in [3.05, 3.63) is 35.9 Å². The predicted molar refractivity (Wildman–Crippen MR) is 107 cm³/mol. The molecule has 9 nitrogen and oxygen atoms in total. The second-order valence-corrected chi connectivity index (χ2v) is 7.82. The number of carbonyl (C=O) groups is 4. The molecule has 0 unspecified atom stereocenters. The molecule has 29 heavy (non-hydrogen) atoms. The zero-order chi connectivity index (χ0) is 21.6. The van der Waals surface area contributed by atoms with E-state index >= 15 is 0 Å². The molecule has 3 N–H and O–H groups in total. The Balaban J connectivity index is 1.88. The standard InChI is InChI=1S/C20H29N5O4/c1-14(2)21-16(26)12-24(4)13-17(27)23-25-18(28)20(3,22-19(25)29)11-10-15-8-6-5-7-9-15/h5-9,14H,10-13H2,1-4H3,(H,21,26)(H,22,29)(H,23,27)/t20-/m1/s1. The van der Waals surface area contributed by atoms with Crippen LogP contribution in [0.15, 0.2) is 30.3 Å². The third-order valence-electron chi connectivity index (χ3n) is 4.53. The minimum Gasteiger partial charge on any atom is -0.353 e. The molecule has 1 aromatic rings. The first kappa shape index (κ1) is 22.4. The highest BCUT2D eigenvalue weighted by Gasteiger charge is 2.48. The van der Waals surface area contributed by atoms with E-state index in [0.717, 1.165) is 10.6 Å². The lowest BCUT2D eigenvalue weighted by Crippen LogP contribution is -2.51. The van der Waals surface area contributed by atoms with Gasteiger partial charge in [-0.25, -0.2) is 4.79 Å². The van der Waals surface area contributed by atoms with E-state index in [1.807, 2.05) is 44.2 Å². The lowest BCUT2D eigenvalue weighted by molar-refractivity contribution is -0.139. The predicted octanol–water partition coefficient (Wildman–Crippen LogP) is 0.417. The average molecular weight is 403 g/mol. The van der Waals surface area contributed by atoms with Crippen LogP contribution in [0.1, 0.15) is 32.8 Å². The Kier molecular flexibility index (Phi) is 7.33. The van der Waals surface area contributed by atoms with Crippen LogP contribution in [0, 0.1) is 0 Å². The van der Waals surface area contributed by atoms with Crippen molar-refractivity contribution >= 4 is 23.8 Å². The van der Waals surface area contributed by atoms with Gasteiger partial charge in [0, 0.05) is 6.04 Å². The number of nitrogens with zero attached hydrogens (tertiary/aromatic N) is 2. The number of hydrogen-bond acceptors (Lipinski definition) is 5. The molecule has 1 saturated heterocycles. The third kappa shape index (κ3) is 6.28. The van der Waals surface area contributed by atoms with E-state index in [4.69, 9.17) is 0 Å². The van der Waals surface area contributed by atoms with Crippen LogP contribution < -0.4 is 16.1 Å². The Morgan fingerprint density at radius 1 is 1.14 bits per heavy atom. The number of urea groups is 1. The normalized spacial score (nSPS) is 18.9. The number of carbonyl (C=O) groups excluding carboxylic acids is 4. The van der Waals surface area contributed by atoms with Gasteiger partial charge in [-0.15, -0.1) is 0 Å². The molecule has 158 valence electrons. The highest BCUT2D eigenvalue weighted by Crippen LogP contribution is 2.22. The van der Waals surface area contributed by atoms with Crippen LogP contribution in [0.3, 0.4) is 0 Å². The number of hydrogen-bond donors (Lipinski definition) is 3. The fourth-order valence-corrected chi connectivity index (χ4v) is 3.07. The van der Waals surface area contributed by atoms with E-state index in [9.17, 15) is 19.2 Å². The summed E-state index contributed by atoms with van der Waals surface area (Å²) in [4.78, 5) is 50.5. The summed E-state index contributed by atoms with van der Waals surface area (Å²) < 4.78 is 0. The Morgan fingerprint density at radius 3 is 2.38 bits per heavy atom. The van der Waals surface area contributed by atoms with Crippen LogP contribution >= 0.6 is 0 Å². The fourth-order valence-electron chi connectivity index (χ4n) is 3.07. The summed E-state index contributed by atoms with van der Waals surface area (Å²) in [6, 6.07) is 8.98. The summed E-state index contributed by atoms with van der Waals surface area (Å²) in [5, 5.41) is 6.11. The maximum atomic E-state index is 12.7. The summed E-state index contributed by atoms with van der Waals surface area (Å²) in [5.74, 6) is -1.27. The second-order valence-electron chi connectivity index (χ2n) is 7.82. The molecule has 2 rings (SSSR count). The summed E-state index contributed by atoms with van der Waals surface area (Å²) >= 11 is 0. The molecule has 1 fully saturated rings. The zero-order valence-corrected chi connectivity index (χ0v) is 17.3. The van der Waals surface area contributed by atoms with Gasteiger partial charge in [-0.05, 0) is 46.2 Å². The third-order valence-corrected chi connectivity index (χ3v) is 4.53. The largest absolute Gasteiger partial charge is 0.353 e. The average Bonchev–Trinajstić information content (AvgIpc) is 2.83. The van der Waals surface area contributed by atoms with Gasteiger partial charge in [-0.1, -0.05) is 30.3 Å². The number of likely N-dealkylation sites (N-methyl/N-ethyl adjacent to an activating group) is 1. The van der Waals surface area contributed by atoms with E-state index in [1.165, 1.54) is 4.90 Å². The fraction of sp³-hybridized carbons (Fsp3) is 0.500. The summed E-state index contributed by atoms with van der Waals surface area (Å²) in [5.41, 5.74) is 2.30. The SMILES string of the molecule is CC(C)NC(=O)CN(C)CC(=O)NN1C(=O)N[C@](C)(CCc2ccccc2)C1=O. The van der Waals surface area contributed by atoms with E-state index in [0.29, 0.717) is 12.8 Å². The van der Waals surface area contributed by atoms with Gasteiger partial charge < -0.3 is 10.6 Å². The lowest BCUT2D eigenvalue weighted by atomic mass is 9.93. The minimum atomic E-state index is -1.09. The molecule has 1 heterocycles. The first-order valence-electron chi connectivity index (χ1n) is 9.59. The monoisotopic (exact) mass is 403 g/mol. The van der Waals surface area contributed by atoms with Gasteiger partial charge in [-0.2, -0.15) is 5.01 Å². The molecule has 0 bridgehead atoms. The Bertz CT molecular complexity index is 767. The molecule has 0 aliphatic carbocycles. The van der Waals surface area contributed by atoms with Gasteiger partial charge in [0.05, 0.1) is 13.1 Å². The Morgan fingerprint density at radius 2 is 1.76 bits per heavy atom. The molecule has 0 spiro atoms. The molecule has 1 aromatic carbocycles. The molecule has 0 saturated carbocycles. The molecular formula is C20H29N5O4. The van der Waals surface area contributed by atoms with Crippen molar-refractivity contribution < 1.29 is 19.2 Å². The smallest absolute Gasteiger partial charge is 0.344 e. The van der Waals surface area contributed by atoms with Crippen LogP contribution in [-0.2, 0) is 20.8 Å². The highest BCUT2D eigenvalue weighted by atomic mass is 16.2. The number of benzene rings is 1. The van der Waals surface area contributed by atoms with Gasteiger partial charge >= 0.3 is 6.03 Å². The van der Waals surface area contributed by atoms with E-state index in [-0.39, 0.29) is 25.0 Å². The molecule has 5 amide bonds. The van der Waals surface area contributed by atoms with Crippen molar-refractivity contribution in [2.24, 2.45) is 0 Å². The van der Waals surface area contributed by atoms with Crippen molar-refractivity contribution in [2.75, 3.05) is 20.1 Å². The molecule has 0 aromatic heterocycles. The van der Waals surface area contributed by atoms with Crippen LogP contribution in [0.25, 0.3) is 0 Å². The highest BCUT2D eigenvalue weighted by molar-refractivity contribution is 6.07. The van der Waals surface area contributed by atoms with E-state index in [1.54, 1.807) is 14.0 Å². The Labute approximate surface area is 170 Å². The zero-order valence-electron chi connectivity index (χ0n) is 17.3. The van der Waals surface area contributed by atoms with Crippen LogP contribution in [0.2, 0.25) is 0 Å². The number of rotatable bonds is 9.